The molecule has 0 aliphatic rings. The molecule has 78 valence electrons. The van der Waals surface area contributed by atoms with Crippen molar-refractivity contribution >= 4 is 15.8 Å². The lowest BCUT2D eigenvalue weighted by atomic mass is 10.4. The van der Waals surface area contributed by atoms with Gasteiger partial charge in [-0.3, -0.25) is 0 Å². The molecule has 14 heavy (non-hydrogen) atoms. The van der Waals surface area contributed by atoms with E-state index in [1.165, 1.54) is 7.05 Å². The number of hydrogen-bond acceptors (Lipinski definition) is 4. The number of rotatable bonds is 5. The molecule has 0 aliphatic heterocycles. The van der Waals surface area contributed by atoms with E-state index in [2.05, 4.69) is 15.0 Å². The second-order valence-electron chi connectivity index (χ2n) is 2.66. The van der Waals surface area contributed by atoms with Crippen LogP contribution in [0.4, 0.5) is 5.82 Å². The van der Waals surface area contributed by atoms with Crippen molar-refractivity contribution in [3.8, 4) is 0 Å². The highest BCUT2D eigenvalue weighted by molar-refractivity contribution is 7.89. The molecule has 0 saturated carbocycles. The summed E-state index contributed by atoms with van der Waals surface area (Å²) >= 11 is 0. The quantitative estimate of drug-likeness (QED) is 0.727. The fourth-order valence-corrected chi connectivity index (χ4v) is 1.46. The van der Waals surface area contributed by atoms with Crippen molar-refractivity contribution < 1.29 is 8.42 Å². The number of anilines is 1. The topological polar surface area (TPSA) is 71.1 Å². The van der Waals surface area contributed by atoms with E-state index in [9.17, 15) is 8.42 Å². The van der Waals surface area contributed by atoms with Crippen molar-refractivity contribution in [1.82, 2.24) is 9.71 Å². The monoisotopic (exact) mass is 215 g/mol. The molecular formula is C8H13N3O2S. The lowest BCUT2D eigenvalue weighted by Crippen LogP contribution is -2.26. The number of nitrogens with one attached hydrogen (secondary N) is 2. The van der Waals surface area contributed by atoms with Crippen LogP contribution < -0.4 is 10.0 Å². The average Bonchev–Trinajstić information content (AvgIpc) is 2.19. The molecule has 0 aliphatic carbocycles. The third-order valence-corrected chi connectivity index (χ3v) is 3.02. The lowest BCUT2D eigenvalue weighted by molar-refractivity contribution is 0.588. The van der Waals surface area contributed by atoms with Gasteiger partial charge in [0.05, 0.1) is 5.75 Å². The highest BCUT2D eigenvalue weighted by Gasteiger charge is 2.05. The number of aromatic nitrogens is 1. The maximum absolute atomic E-state index is 11.0. The van der Waals surface area contributed by atoms with E-state index >= 15 is 0 Å². The van der Waals surface area contributed by atoms with Gasteiger partial charge in [0.1, 0.15) is 5.82 Å². The van der Waals surface area contributed by atoms with Gasteiger partial charge in [0, 0.05) is 12.7 Å². The number of sulfonamides is 1. The highest BCUT2D eigenvalue weighted by Crippen LogP contribution is 1.98. The summed E-state index contributed by atoms with van der Waals surface area (Å²) in [5.74, 6) is 0.721. The molecule has 0 atom stereocenters. The summed E-state index contributed by atoms with van der Waals surface area (Å²) < 4.78 is 24.3. The minimum atomic E-state index is -3.13. The van der Waals surface area contributed by atoms with E-state index in [0.717, 1.165) is 0 Å². The molecule has 0 spiro atoms. The molecule has 0 unspecified atom stereocenters. The third kappa shape index (κ3) is 3.71. The molecule has 1 aromatic rings. The van der Waals surface area contributed by atoms with Crippen LogP contribution >= 0.6 is 0 Å². The average molecular weight is 215 g/mol. The van der Waals surface area contributed by atoms with Crippen molar-refractivity contribution in [3.05, 3.63) is 24.4 Å². The van der Waals surface area contributed by atoms with E-state index in [1.54, 1.807) is 18.3 Å². The van der Waals surface area contributed by atoms with Crippen molar-refractivity contribution in [2.75, 3.05) is 24.7 Å². The summed E-state index contributed by atoms with van der Waals surface area (Å²) in [5, 5.41) is 2.90. The van der Waals surface area contributed by atoms with Gasteiger partial charge in [0.25, 0.3) is 0 Å². The standard InChI is InChI=1S/C8H13N3O2S/c1-9-14(12,13)7-6-11-8-4-2-3-5-10-8/h2-5,9H,6-7H2,1H3,(H,10,11). The fourth-order valence-electron chi connectivity index (χ4n) is 0.883. The first-order chi connectivity index (χ1) is 6.64. The van der Waals surface area contributed by atoms with Crippen molar-refractivity contribution in [3.63, 3.8) is 0 Å². The van der Waals surface area contributed by atoms with Crippen molar-refractivity contribution in [1.29, 1.82) is 0 Å². The molecule has 0 fully saturated rings. The molecular weight excluding hydrogens is 202 g/mol. The number of hydrogen-bond donors (Lipinski definition) is 2. The summed E-state index contributed by atoms with van der Waals surface area (Å²) in [4.78, 5) is 4.00. The van der Waals surface area contributed by atoms with Crippen LogP contribution in [-0.4, -0.2) is 32.7 Å². The Morgan fingerprint density at radius 1 is 1.43 bits per heavy atom. The molecule has 2 N–H and O–H groups in total. The predicted molar refractivity (Wildman–Crippen MR) is 55.6 cm³/mol. The van der Waals surface area contributed by atoms with Crippen LogP contribution in [0.25, 0.3) is 0 Å². The molecule has 0 saturated heterocycles. The van der Waals surface area contributed by atoms with Gasteiger partial charge in [-0.25, -0.2) is 18.1 Å². The lowest BCUT2D eigenvalue weighted by Gasteiger charge is -2.04. The SMILES string of the molecule is CNS(=O)(=O)CCNc1ccccn1. The van der Waals surface area contributed by atoms with Crippen LogP contribution in [0.5, 0.6) is 0 Å². The number of pyridine rings is 1. The maximum atomic E-state index is 11.0. The van der Waals surface area contributed by atoms with Gasteiger partial charge in [-0.15, -0.1) is 0 Å². The Labute approximate surface area is 83.6 Å². The van der Waals surface area contributed by atoms with Gasteiger partial charge in [0.15, 0.2) is 0 Å². The van der Waals surface area contributed by atoms with Gasteiger partial charge < -0.3 is 5.32 Å². The smallest absolute Gasteiger partial charge is 0.213 e. The molecule has 1 heterocycles. The van der Waals surface area contributed by atoms with Crippen LogP contribution in [0, 0.1) is 0 Å². The molecule has 0 aromatic carbocycles. The van der Waals surface area contributed by atoms with Gasteiger partial charge >= 0.3 is 0 Å². The van der Waals surface area contributed by atoms with E-state index in [1.807, 2.05) is 6.07 Å². The van der Waals surface area contributed by atoms with Crippen molar-refractivity contribution in [2.24, 2.45) is 0 Å². The second-order valence-corrected chi connectivity index (χ2v) is 4.71. The highest BCUT2D eigenvalue weighted by atomic mass is 32.2. The first kappa shape index (κ1) is 10.9. The first-order valence-corrected chi connectivity index (χ1v) is 5.85. The minimum absolute atomic E-state index is 0.0417. The Bertz CT molecular complexity index is 363. The zero-order valence-electron chi connectivity index (χ0n) is 7.90. The van der Waals surface area contributed by atoms with Crippen LogP contribution in [0.3, 0.4) is 0 Å². The fraction of sp³-hybridized carbons (Fsp3) is 0.375. The van der Waals surface area contributed by atoms with Crippen molar-refractivity contribution in [2.45, 2.75) is 0 Å². The van der Waals surface area contributed by atoms with Crippen LogP contribution in [0.2, 0.25) is 0 Å². The Morgan fingerprint density at radius 2 is 2.21 bits per heavy atom. The molecule has 0 radical (unpaired) electrons. The third-order valence-electron chi connectivity index (χ3n) is 1.65. The van der Waals surface area contributed by atoms with E-state index in [0.29, 0.717) is 12.4 Å². The van der Waals surface area contributed by atoms with E-state index in [4.69, 9.17) is 0 Å². The largest absolute Gasteiger partial charge is 0.369 e. The predicted octanol–water partition coefficient (Wildman–Crippen LogP) is 0.0427. The molecule has 5 nitrogen and oxygen atoms in total. The molecule has 6 heteroatoms. The Balaban J connectivity index is 2.37. The van der Waals surface area contributed by atoms with E-state index in [-0.39, 0.29) is 5.75 Å². The van der Waals surface area contributed by atoms with Gasteiger partial charge in [-0.1, -0.05) is 6.07 Å². The van der Waals surface area contributed by atoms with Crippen LogP contribution in [-0.2, 0) is 10.0 Å². The van der Waals surface area contributed by atoms with Crippen LogP contribution in [0.15, 0.2) is 24.4 Å². The first-order valence-electron chi connectivity index (χ1n) is 4.20. The summed E-state index contributed by atoms with van der Waals surface area (Å²) in [6, 6.07) is 5.42. The zero-order valence-corrected chi connectivity index (χ0v) is 8.71. The Kier molecular flexibility index (Phi) is 3.84. The molecule has 1 aromatic heterocycles. The van der Waals surface area contributed by atoms with Crippen LogP contribution in [0.1, 0.15) is 0 Å². The van der Waals surface area contributed by atoms with Gasteiger partial charge in [-0.2, -0.15) is 0 Å². The summed E-state index contributed by atoms with van der Waals surface area (Å²) in [6.07, 6.45) is 1.65. The number of nitrogens with zero attached hydrogens (tertiary/aromatic N) is 1. The van der Waals surface area contributed by atoms with Gasteiger partial charge in [0.2, 0.25) is 10.0 Å². The van der Waals surface area contributed by atoms with E-state index < -0.39 is 10.0 Å². The summed E-state index contributed by atoms with van der Waals surface area (Å²) in [6.45, 7) is 0.347. The minimum Gasteiger partial charge on any atom is -0.369 e. The van der Waals surface area contributed by atoms with Gasteiger partial charge in [-0.05, 0) is 19.2 Å². The summed E-state index contributed by atoms with van der Waals surface area (Å²) in [5.41, 5.74) is 0. The second kappa shape index (κ2) is 4.92. The normalized spacial score (nSPS) is 11.2. The Morgan fingerprint density at radius 3 is 2.79 bits per heavy atom. The Hall–Kier alpha value is -1.14. The maximum Gasteiger partial charge on any atom is 0.213 e. The molecule has 1 rings (SSSR count). The molecule has 0 bridgehead atoms. The molecule has 0 amide bonds. The zero-order chi connectivity index (χ0) is 10.4. The summed E-state index contributed by atoms with van der Waals surface area (Å²) in [7, 11) is -1.73.